The molecule has 0 unspecified atom stereocenters. The smallest absolute Gasteiger partial charge is 0.228 e. The number of benzene rings is 2. The van der Waals surface area contributed by atoms with Crippen LogP contribution in [-0.2, 0) is 20.8 Å². The summed E-state index contributed by atoms with van der Waals surface area (Å²) in [7, 11) is 0. The molecular weight excluding hydrogens is 630 g/mol. The standard InChI is InChI=1S/C39H45N7O4/c1-24-33(16-17-34(44-24)36(48)20-30-3-2-18-41-38(30)49)27-8-4-25(5-9-27)19-31(21-35(47)28-10-6-26(22-40)7-11-28)39(50)45-32-14-12-29(13-15-32)37-42-23-43-46-37/h4-5,8-9,12-17,26,28,30-31H,2-3,6-7,10-11,18-23,40H2,1H3,(H,41,49)(H,45,50)/t26?,28?,30-,31-/m1/s1. The quantitative estimate of drug-likeness (QED) is 0.192. The van der Waals surface area contributed by atoms with Gasteiger partial charge in [-0.1, -0.05) is 30.3 Å². The first-order valence-electron chi connectivity index (χ1n) is 17.7. The molecule has 3 aromatic rings. The van der Waals surface area contributed by atoms with Gasteiger partial charge in [-0.3, -0.25) is 19.2 Å². The summed E-state index contributed by atoms with van der Waals surface area (Å²) in [5, 5.41) is 13.8. The van der Waals surface area contributed by atoms with Crippen molar-refractivity contribution in [2.24, 2.45) is 44.6 Å². The molecule has 2 amide bonds. The average molecular weight is 676 g/mol. The van der Waals surface area contributed by atoms with E-state index >= 15 is 0 Å². The lowest BCUT2D eigenvalue weighted by atomic mass is 9.77. The maximum Gasteiger partial charge on any atom is 0.228 e. The molecule has 6 rings (SSSR count). The van der Waals surface area contributed by atoms with Gasteiger partial charge in [-0.15, -0.1) is 5.11 Å². The molecule has 4 N–H and O–H groups in total. The van der Waals surface area contributed by atoms with Gasteiger partial charge in [0.15, 0.2) is 18.3 Å². The number of hydrogen-bond acceptors (Lipinski definition) is 9. The van der Waals surface area contributed by atoms with Crippen LogP contribution in [0.5, 0.6) is 0 Å². The number of anilines is 1. The maximum atomic E-state index is 13.7. The lowest BCUT2D eigenvalue weighted by molar-refractivity contribution is -0.129. The molecule has 11 nitrogen and oxygen atoms in total. The highest BCUT2D eigenvalue weighted by Crippen LogP contribution is 2.32. The largest absolute Gasteiger partial charge is 0.356 e. The number of nitrogens with zero attached hydrogens (tertiary/aromatic N) is 4. The number of nitrogens with one attached hydrogen (secondary N) is 2. The molecule has 50 heavy (non-hydrogen) atoms. The highest BCUT2D eigenvalue weighted by Gasteiger charge is 2.30. The number of carbonyl (C=O) groups is 4. The summed E-state index contributed by atoms with van der Waals surface area (Å²) < 4.78 is 0. The van der Waals surface area contributed by atoms with Crippen LogP contribution in [0.2, 0.25) is 0 Å². The highest BCUT2D eigenvalue weighted by atomic mass is 16.2. The van der Waals surface area contributed by atoms with Crippen LogP contribution in [0.1, 0.15) is 78.7 Å². The molecule has 1 aliphatic carbocycles. The van der Waals surface area contributed by atoms with Gasteiger partial charge in [0.2, 0.25) is 11.8 Å². The van der Waals surface area contributed by atoms with Crippen molar-refractivity contribution in [2.75, 3.05) is 25.1 Å². The van der Waals surface area contributed by atoms with E-state index in [1.807, 2.05) is 61.5 Å². The Labute approximate surface area is 292 Å². The van der Waals surface area contributed by atoms with E-state index in [4.69, 9.17) is 5.73 Å². The van der Waals surface area contributed by atoms with Gasteiger partial charge in [0, 0.05) is 59.6 Å². The summed E-state index contributed by atoms with van der Waals surface area (Å²) in [6, 6.07) is 18.9. The SMILES string of the molecule is Cc1nc(C(=O)C[C@H]2CCCNC2=O)ccc1-c1ccc(C[C@H](CC(=O)C2CCC(CN)CC2)C(=O)Nc2ccc(C3=NCN=N3)cc2)cc1. The van der Waals surface area contributed by atoms with Crippen molar-refractivity contribution in [1.29, 1.82) is 0 Å². The summed E-state index contributed by atoms with van der Waals surface area (Å²) in [6.07, 6.45) is 5.86. The van der Waals surface area contributed by atoms with Gasteiger partial charge in [-0.05, 0) is 106 Å². The number of hydrogen-bond donors (Lipinski definition) is 3. The number of azo groups is 1. The van der Waals surface area contributed by atoms with E-state index in [9.17, 15) is 19.2 Å². The third-order valence-electron chi connectivity index (χ3n) is 10.3. The monoisotopic (exact) mass is 675 g/mol. The number of rotatable bonds is 13. The van der Waals surface area contributed by atoms with Crippen molar-refractivity contribution in [3.63, 3.8) is 0 Å². The molecular formula is C39H45N7O4. The van der Waals surface area contributed by atoms with Crippen molar-refractivity contribution in [1.82, 2.24) is 10.3 Å². The lowest BCUT2D eigenvalue weighted by Gasteiger charge is -2.27. The van der Waals surface area contributed by atoms with E-state index in [0.29, 0.717) is 55.7 Å². The van der Waals surface area contributed by atoms with E-state index in [1.165, 1.54) is 0 Å². The van der Waals surface area contributed by atoms with E-state index in [0.717, 1.165) is 60.1 Å². The van der Waals surface area contributed by atoms with Crippen LogP contribution in [-0.4, -0.2) is 54.0 Å². The Bertz CT molecular complexity index is 1780. The molecule has 0 radical (unpaired) electrons. The predicted octanol–water partition coefficient (Wildman–Crippen LogP) is 5.85. The number of amidine groups is 1. The number of piperidine rings is 1. The third kappa shape index (κ3) is 8.63. The number of aromatic nitrogens is 1. The zero-order chi connectivity index (χ0) is 35.0. The minimum atomic E-state index is -0.548. The highest BCUT2D eigenvalue weighted by molar-refractivity contribution is 6.01. The van der Waals surface area contributed by atoms with E-state index in [2.05, 4.69) is 30.8 Å². The van der Waals surface area contributed by atoms with Crippen LogP contribution in [0.4, 0.5) is 5.69 Å². The van der Waals surface area contributed by atoms with Crippen LogP contribution in [0.3, 0.4) is 0 Å². The van der Waals surface area contributed by atoms with E-state index in [-0.39, 0.29) is 48.1 Å². The molecule has 2 aliphatic heterocycles. The Morgan fingerprint density at radius 3 is 2.34 bits per heavy atom. The van der Waals surface area contributed by atoms with Gasteiger partial charge in [0.1, 0.15) is 11.5 Å². The number of ketones is 2. The Morgan fingerprint density at radius 1 is 0.940 bits per heavy atom. The van der Waals surface area contributed by atoms with Gasteiger partial charge in [0.05, 0.1) is 0 Å². The Balaban J connectivity index is 1.14. The molecule has 1 saturated heterocycles. The number of Topliss-reactive ketones (excluding diaryl/α,β-unsaturated/α-hetero) is 2. The van der Waals surface area contributed by atoms with Crippen molar-refractivity contribution >= 4 is 34.9 Å². The minimum Gasteiger partial charge on any atom is -0.356 e. The molecule has 1 saturated carbocycles. The normalized spacial score (nSPS) is 20.9. The molecule has 2 aromatic carbocycles. The Kier molecular flexibility index (Phi) is 11.3. The predicted molar refractivity (Wildman–Crippen MR) is 192 cm³/mol. The van der Waals surface area contributed by atoms with Crippen LogP contribution in [0.25, 0.3) is 11.1 Å². The second-order valence-electron chi connectivity index (χ2n) is 13.7. The fourth-order valence-corrected chi connectivity index (χ4v) is 7.20. The molecule has 2 atom stereocenters. The molecule has 3 aliphatic rings. The van der Waals surface area contributed by atoms with Gasteiger partial charge in [-0.25, -0.2) is 9.98 Å². The molecule has 0 spiro atoms. The molecule has 3 heterocycles. The van der Waals surface area contributed by atoms with Crippen LogP contribution >= 0.6 is 0 Å². The summed E-state index contributed by atoms with van der Waals surface area (Å²) in [6.45, 7) is 3.51. The molecule has 2 fully saturated rings. The second kappa shape index (κ2) is 16.2. The van der Waals surface area contributed by atoms with Crippen molar-refractivity contribution in [2.45, 2.75) is 64.7 Å². The van der Waals surface area contributed by atoms with Gasteiger partial charge < -0.3 is 16.4 Å². The molecule has 260 valence electrons. The third-order valence-corrected chi connectivity index (χ3v) is 10.3. The summed E-state index contributed by atoms with van der Waals surface area (Å²) in [5.74, 6) is -0.107. The molecule has 1 aromatic heterocycles. The first-order chi connectivity index (χ1) is 24.3. The number of aliphatic imine (C=N–C) groups is 1. The first kappa shape index (κ1) is 34.9. The second-order valence-corrected chi connectivity index (χ2v) is 13.7. The van der Waals surface area contributed by atoms with Gasteiger partial charge in [0.25, 0.3) is 0 Å². The summed E-state index contributed by atoms with van der Waals surface area (Å²) in [5.41, 5.74) is 11.2. The number of aryl methyl sites for hydroxylation is 1. The number of pyridine rings is 1. The van der Waals surface area contributed by atoms with Crippen LogP contribution in [0.15, 0.2) is 75.9 Å². The number of nitrogens with two attached hydrogens (primary N) is 1. The van der Waals surface area contributed by atoms with E-state index in [1.54, 1.807) is 6.07 Å². The van der Waals surface area contributed by atoms with Crippen LogP contribution in [0, 0.1) is 30.6 Å². The maximum absolute atomic E-state index is 13.7. The zero-order valence-corrected chi connectivity index (χ0v) is 28.6. The van der Waals surface area contributed by atoms with Crippen molar-refractivity contribution in [3.8, 4) is 11.1 Å². The fourth-order valence-electron chi connectivity index (χ4n) is 7.20. The molecule has 0 bridgehead atoms. The topological polar surface area (TPSA) is 168 Å². The minimum absolute atomic E-state index is 0.0405. The zero-order valence-electron chi connectivity index (χ0n) is 28.6. The lowest BCUT2D eigenvalue weighted by Crippen LogP contribution is -2.37. The Hall–Kier alpha value is -4.90. The molecule has 11 heteroatoms. The number of amides is 2. The summed E-state index contributed by atoms with van der Waals surface area (Å²) in [4.78, 5) is 61.2. The van der Waals surface area contributed by atoms with Gasteiger partial charge >= 0.3 is 0 Å². The van der Waals surface area contributed by atoms with E-state index < -0.39 is 5.92 Å². The van der Waals surface area contributed by atoms with Crippen LogP contribution < -0.4 is 16.4 Å². The first-order valence-corrected chi connectivity index (χ1v) is 17.7. The van der Waals surface area contributed by atoms with Crippen molar-refractivity contribution < 1.29 is 19.2 Å². The van der Waals surface area contributed by atoms with Gasteiger partial charge in [-0.2, -0.15) is 5.11 Å². The van der Waals surface area contributed by atoms with Crippen molar-refractivity contribution in [3.05, 3.63) is 83.2 Å². The fraction of sp³-hybridized carbons (Fsp3) is 0.436. The number of carbonyl (C=O) groups excluding carboxylic acids is 4. The Morgan fingerprint density at radius 2 is 1.68 bits per heavy atom. The summed E-state index contributed by atoms with van der Waals surface area (Å²) >= 11 is 0. The average Bonchev–Trinajstić information content (AvgIpc) is 3.68.